The van der Waals surface area contributed by atoms with Crippen molar-refractivity contribution >= 4 is 34.7 Å². The second-order valence-electron chi connectivity index (χ2n) is 7.10. The van der Waals surface area contributed by atoms with Crippen LogP contribution in [0.1, 0.15) is 21.2 Å². The van der Waals surface area contributed by atoms with Crippen molar-refractivity contribution in [2.45, 2.75) is 13.1 Å². The largest absolute Gasteiger partial charge is 0.467 e. The number of carbonyl (C=O) groups excluding carboxylic acids is 1. The average Bonchev–Trinajstić information content (AvgIpc) is 3.61. The summed E-state index contributed by atoms with van der Waals surface area (Å²) in [6.45, 7) is 0.724. The molecule has 166 valence electrons. The standard InChI is InChI=1S/C23H17ClN4O4S/c24-20-8-7-16(33-20)13-25-21-12-18(26-28(21)23(30)19-6-3-11-32-19)17-5-1-9-27(22(17)29)14-15-4-2-10-31-15/h1-12,25H,13-14H2. The number of thiophene rings is 1. The number of halogens is 1. The summed E-state index contributed by atoms with van der Waals surface area (Å²) in [5.41, 5.74) is 0.471. The smallest absolute Gasteiger partial charge is 0.315 e. The zero-order valence-electron chi connectivity index (χ0n) is 17.1. The molecule has 0 amide bonds. The number of nitrogens with one attached hydrogen (secondary N) is 1. The van der Waals surface area contributed by atoms with Gasteiger partial charge in [0.1, 0.15) is 17.3 Å². The van der Waals surface area contributed by atoms with Gasteiger partial charge in [0.05, 0.1) is 35.5 Å². The lowest BCUT2D eigenvalue weighted by molar-refractivity contribution is 0.0920. The lowest BCUT2D eigenvalue weighted by Crippen LogP contribution is -2.21. The SMILES string of the molecule is O=C(c1ccco1)n1nc(-c2cccn(Cc3ccco3)c2=O)cc1NCc1ccc(Cl)s1. The number of nitrogens with zero attached hydrogens (tertiary/aromatic N) is 3. The number of hydrogen-bond donors (Lipinski definition) is 1. The molecule has 1 N–H and O–H groups in total. The summed E-state index contributed by atoms with van der Waals surface area (Å²) < 4.78 is 14.0. The van der Waals surface area contributed by atoms with Gasteiger partial charge in [0.15, 0.2) is 5.76 Å². The highest BCUT2D eigenvalue weighted by atomic mass is 35.5. The molecule has 0 bridgehead atoms. The van der Waals surface area contributed by atoms with Crippen molar-refractivity contribution in [1.29, 1.82) is 0 Å². The minimum Gasteiger partial charge on any atom is -0.467 e. The van der Waals surface area contributed by atoms with E-state index < -0.39 is 5.91 Å². The predicted molar refractivity (Wildman–Crippen MR) is 125 cm³/mol. The fraction of sp³-hybridized carbons (Fsp3) is 0.0870. The average molecular weight is 481 g/mol. The van der Waals surface area contributed by atoms with Crippen LogP contribution in [0.5, 0.6) is 0 Å². The van der Waals surface area contributed by atoms with Crippen LogP contribution in [0.2, 0.25) is 4.34 Å². The molecule has 0 spiro atoms. The first-order valence-electron chi connectivity index (χ1n) is 9.97. The Balaban J connectivity index is 1.51. The molecule has 0 aromatic carbocycles. The van der Waals surface area contributed by atoms with Crippen molar-refractivity contribution in [2.24, 2.45) is 0 Å². The van der Waals surface area contributed by atoms with E-state index in [9.17, 15) is 9.59 Å². The minimum absolute atomic E-state index is 0.134. The van der Waals surface area contributed by atoms with Crippen LogP contribution in [0.3, 0.4) is 0 Å². The van der Waals surface area contributed by atoms with Crippen LogP contribution in [0.25, 0.3) is 11.3 Å². The molecule has 0 fully saturated rings. The maximum atomic E-state index is 13.1. The quantitative estimate of drug-likeness (QED) is 0.353. The summed E-state index contributed by atoms with van der Waals surface area (Å²) >= 11 is 7.46. The summed E-state index contributed by atoms with van der Waals surface area (Å²) in [4.78, 5) is 27.1. The zero-order chi connectivity index (χ0) is 22.8. The lowest BCUT2D eigenvalue weighted by atomic mass is 10.2. The van der Waals surface area contributed by atoms with E-state index in [1.807, 2.05) is 12.1 Å². The van der Waals surface area contributed by atoms with E-state index in [0.29, 0.717) is 33.7 Å². The van der Waals surface area contributed by atoms with Crippen molar-refractivity contribution < 1.29 is 13.6 Å². The van der Waals surface area contributed by atoms with E-state index >= 15 is 0 Å². The van der Waals surface area contributed by atoms with Crippen LogP contribution in [-0.2, 0) is 13.1 Å². The summed E-state index contributed by atoms with van der Waals surface area (Å²) in [5, 5.41) is 7.65. The Morgan fingerprint density at radius 1 is 1.09 bits per heavy atom. The molecule has 0 saturated heterocycles. The monoisotopic (exact) mass is 480 g/mol. The zero-order valence-corrected chi connectivity index (χ0v) is 18.7. The van der Waals surface area contributed by atoms with E-state index in [1.54, 1.807) is 54.9 Å². The number of carbonyl (C=O) groups is 1. The first kappa shape index (κ1) is 21.0. The maximum absolute atomic E-state index is 13.1. The number of aromatic nitrogens is 3. The molecule has 0 aliphatic carbocycles. The molecule has 0 aliphatic heterocycles. The molecule has 5 aromatic rings. The predicted octanol–water partition coefficient (Wildman–Crippen LogP) is 4.96. The molecule has 0 aliphatic rings. The van der Waals surface area contributed by atoms with Crippen molar-refractivity contribution in [3.8, 4) is 11.3 Å². The number of pyridine rings is 1. The number of anilines is 1. The molecule has 0 saturated carbocycles. The number of furan rings is 2. The number of rotatable bonds is 7. The summed E-state index contributed by atoms with van der Waals surface area (Å²) in [5.74, 6) is 0.765. The van der Waals surface area contributed by atoms with Crippen LogP contribution < -0.4 is 10.9 Å². The van der Waals surface area contributed by atoms with E-state index in [0.717, 1.165) is 4.88 Å². The molecule has 5 rings (SSSR count). The molecule has 5 aromatic heterocycles. The van der Waals surface area contributed by atoms with E-state index in [2.05, 4.69) is 10.4 Å². The van der Waals surface area contributed by atoms with Gasteiger partial charge in [0.2, 0.25) is 0 Å². The highest BCUT2D eigenvalue weighted by Crippen LogP contribution is 2.25. The van der Waals surface area contributed by atoms with Gasteiger partial charge >= 0.3 is 5.91 Å². The van der Waals surface area contributed by atoms with Crippen LogP contribution in [0.15, 0.2) is 86.9 Å². The Kier molecular flexibility index (Phi) is 5.72. The second-order valence-corrected chi connectivity index (χ2v) is 8.90. The molecule has 10 heteroatoms. The van der Waals surface area contributed by atoms with E-state index in [-0.39, 0.29) is 17.9 Å². The third-order valence-electron chi connectivity index (χ3n) is 4.91. The van der Waals surface area contributed by atoms with Gasteiger partial charge in [-0.25, -0.2) is 0 Å². The van der Waals surface area contributed by atoms with E-state index in [4.69, 9.17) is 20.4 Å². The van der Waals surface area contributed by atoms with Crippen LogP contribution >= 0.6 is 22.9 Å². The normalized spacial score (nSPS) is 11.1. The molecular formula is C23H17ClN4O4S. The Morgan fingerprint density at radius 3 is 2.67 bits per heavy atom. The Labute approximate surface area is 196 Å². The Morgan fingerprint density at radius 2 is 1.94 bits per heavy atom. The summed E-state index contributed by atoms with van der Waals surface area (Å²) in [7, 11) is 0. The van der Waals surface area contributed by atoms with Crippen LogP contribution in [0, 0.1) is 0 Å². The van der Waals surface area contributed by atoms with Gasteiger partial charge in [-0.15, -0.1) is 11.3 Å². The highest BCUT2D eigenvalue weighted by molar-refractivity contribution is 7.16. The van der Waals surface area contributed by atoms with Crippen molar-refractivity contribution in [3.63, 3.8) is 0 Å². The maximum Gasteiger partial charge on any atom is 0.315 e. The topological polar surface area (TPSA) is 95.2 Å². The van der Waals surface area contributed by atoms with Gasteiger partial charge in [-0.2, -0.15) is 9.78 Å². The van der Waals surface area contributed by atoms with Crippen molar-refractivity contribution in [1.82, 2.24) is 14.3 Å². The second kappa shape index (κ2) is 8.97. The summed E-state index contributed by atoms with van der Waals surface area (Å²) in [6.07, 6.45) is 4.66. The van der Waals surface area contributed by atoms with Crippen molar-refractivity contribution in [2.75, 3.05) is 5.32 Å². The fourth-order valence-corrected chi connectivity index (χ4v) is 4.38. The van der Waals surface area contributed by atoms with Crippen molar-refractivity contribution in [3.05, 3.63) is 104 Å². The number of hydrogen-bond acceptors (Lipinski definition) is 7. The van der Waals surface area contributed by atoms with Gasteiger partial charge in [-0.3, -0.25) is 9.59 Å². The van der Waals surface area contributed by atoms with Gasteiger partial charge in [0, 0.05) is 17.1 Å². The molecular weight excluding hydrogens is 464 g/mol. The highest BCUT2D eigenvalue weighted by Gasteiger charge is 2.21. The van der Waals surface area contributed by atoms with Crippen LogP contribution in [0.4, 0.5) is 5.82 Å². The van der Waals surface area contributed by atoms with Gasteiger partial charge in [-0.05, 0) is 48.5 Å². The molecule has 33 heavy (non-hydrogen) atoms. The third-order valence-corrected chi connectivity index (χ3v) is 6.14. The van der Waals surface area contributed by atoms with E-state index in [1.165, 1.54) is 26.8 Å². The third kappa shape index (κ3) is 4.41. The van der Waals surface area contributed by atoms with Gasteiger partial charge in [-0.1, -0.05) is 11.6 Å². The molecule has 0 unspecified atom stereocenters. The fourth-order valence-electron chi connectivity index (χ4n) is 3.35. The molecule has 8 nitrogen and oxygen atoms in total. The van der Waals surface area contributed by atoms with Gasteiger partial charge < -0.3 is 18.7 Å². The first-order chi connectivity index (χ1) is 16.1. The Bertz CT molecular complexity index is 1450. The molecule has 0 radical (unpaired) electrons. The van der Waals surface area contributed by atoms with Crippen LogP contribution in [-0.4, -0.2) is 20.3 Å². The lowest BCUT2D eigenvalue weighted by Gasteiger charge is -2.06. The molecule has 0 atom stereocenters. The Hall–Kier alpha value is -3.82. The molecule has 5 heterocycles. The van der Waals surface area contributed by atoms with Gasteiger partial charge in [0.25, 0.3) is 5.56 Å². The minimum atomic E-state index is -0.454. The summed E-state index contributed by atoms with van der Waals surface area (Å²) in [6, 6.07) is 15.6. The first-order valence-corrected chi connectivity index (χ1v) is 11.2.